The van der Waals surface area contributed by atoms with Crippen LogP contribution in [0.1, 0.15) is 6.92 Å². The van der Waals surface area contributed by atoms with Crippen LogP contribution in [0.5, 0.6) is 0 Å². The molecular weight excluding hydrogens is 384 g/mol. The summed E-state index contributed by atoms with van der Waals surface area (Å²) in [6, 6.07) is 12.3. The van der Waals surface area contributed by atoms with Crippen LogP contribution in [0.3, 0.4) is 0 Å². The number of nitro benzene ring substituents is 1. The highest BCUT2D eigenvalue weighted by Crippen LogP contribution is 2.28. The molecule has 0 unspecified atom stereocenters. The van der Waals surface area contributed by atoms with Gasteiger partial charge in [0, 0.05) is 45.2 Å². The zero-order valence-electron chi connectivity index (χ0n) is 15.2. The van der Waals surface area contributed by atoms with E-state index >= 15 is 0 Å². The number of nitrogens with one attached hydrogen (secondary N) is 1. The summed E-state index contributed by atoms with van der Waals surface area (Å²) in [5, 5.41) is 13.5. The molecule has 0 radical (unpaired) electrons. The Labute approximate surface area is 162 Å². The minimum absolute atomic E-state index is 0.0326. The van der Waals surface area contributed by atoms with Crippen LogP contribution < -0.4 is 10.2 Å². The first kappa shape index (κ1) is 19.8. The number of rotatable bonds is 5. The van der Waals surface area contributed by atoms with Gasteiger partial charge in [-0.25, -0.2) is 8.42 Å². The maximum atomic E-state index is 12.8. The third kappa shape index (κ3) is 4.12. The molecule has 3 rings (SSSR count). The van der Waals surface area contributed by atoms with E-state index in [-0.39, 0.29) is 29.6 Å². The van der Waals surface area contributed by atoms with Crippen LogP contribution >= 0.6 is 0 Å². The first-order chi connectivity index (χ1) is 13.3. The van der Waals surface area contributed by atoms with Gasteiger partial charge < -0.3 is 10.2 Å². The number of nitrogens with zero attached hydrogens (tertiary/aromatic N) is 3. The summed E-state index contributed by atoms with van der Waals surface area (Å²) in [7, 11) is -3.72. The largest absolute Gasteiger partial charge is 0.367 e. The molecule has 0 aromatic heterocycles. The van der Waals surface area contributed by atoms with Crippen LogP contribution in [0.15, 0.2) is 53.4 Å². The molecule has 0 spiro atoms. The first-order valence-electron chi connectivity index (χ1n) is 8.65. The van der Waals surface area contributed by atoms with Crippen molar-refractivity contribution in [3.63, 3.8) is 0 Å². The van der Waals surface area contributed by atoms with Gasteiger partial charge in [0.15, 0.2) is 0 Å². The second kappa shape index (κ2) is 7.95. The number of benzene rings is 2. The number of nitro groups is 1. The lowest BCUT2D eigenvalue weighted by Crippen LogP contribution is -2.48. The maximum absolute atomic E-state index is 12.8. The predicted molar refractivity (Wildman–Crippen MR) is 105 cm³/mol. The Bertz CT molecular complexity index is 983. The number of amides is 1. The van der Waals surface area contributed by atoms with Crippen molar-refractivity contribution in [2.75, 3.05) is 36.4 Å². The fourth-order valence-corrected chi connectivity index (χ4v) is 4.53. The average Bonchev–Trinajstić information content (AvgIpc) is 2.68. The number of carbonyl (C=O) groups is 1. The van der Waals surface area contributed by atoms with Gasteiger partial charge in [0.1, 0.15) is 0 Å². The van der Waals surface area contributed by atoms with Gasteiger partial charge in [0.2, 0.25) is 15.9 Å². The number of sulfonamides is 1. The Morgan fingerprint density at radius 3 is 2.21 bits per heavy atom. The number of non-ortho nitro benzene ring substituents is 1. The molecule has 148 valence electrons. The standard InChI is InChI=1S/C18H20N4O5S/c1-14(23)19-17-4-2-3-5-18(17)20-10-12-21(13-11-20)28(26,27)16-8-6-15(7-9-16)22(24)25/h2-9H,10-13H2,1H3,(H,19,23). The number of para-hydroxylation sites is 2. The number of hydrogen-bond acceptors (Lipinski definition) is 6. The maximum Gasteiger partial charge on any atom is 0.269 e. The van der Waals surface area contributed by atoms with Gasteiger partial charge in [-0.1, -0.05) is 12.1 Å². The molecule has 10 heteroatoms. The van der Waals surface area contributed by atoms with Crippen molar-refractivity contribution in [1.29, 1.82) is 0 Å². The molecule has 0 bridgehead atoms. The molecule has 28 heavy (non-hydrogen) atoms. The SMILES string of the molecule is CC(=O)Nc1ccccc1N1CCN(S(=O)(=O)c2ccc([N+](=O)[O-])cc2)CC1. The van der Waals surface area contributed by atoms with Gasteiger partial charge in [-0.15, -0.1) is 0 Å². The second-order valence-electron chi connectivity index (χ2n) is 6.34. The number of hydrogen-bond donors (Lipinski definition) is 1. The number of carbonyl (C=O) groups excluding carboxylic acids is 1. The molecule has 1 aliphatic rings. The summed E-state index contributed by atoms with van der Waals surface area (Å²) in [6.45, 7) is 2.90. The third-order valence-corrected chi connectivity index (χ3v) is 6.39. The highest BCUT2D eigenvalue weighted by atomic mass is 32.2. The summed E-state index contributed by atoms with van der Waals surface area (Å²) >= 11 is 0. The lowest BCUT2D eigenvalue weighted by atomic mass is 10.2. The van der Waals surface area contributed by atoms with Crippen molar-refractivity contribution in [3.8, 4) is 0 Å². The van der Waals surface area contributed by atoms with Crippen LogP contribution in [0, 0.1) is 10.1 Å². The molecule has 0 saturated carbocycles. The highest BCUT2D eigenvalue weighted by molar-refractivity contribution is 7.89. The Morgan fingerprint density at radius 2 is 1.64 bits per heavy atom. The lowest BCUT2D eigenvalue weighted by Gasteiger charge is -2.36. The number of anilines is 2. The van der Waals surface area contributed by atoms with Crippen molar-refractivity contribution in [1.82, 2.24) is 4.31 Å². The molecular formula is C18H20N4O5S. The van der Waals surface area contributed by atoms with Crippen molar-refractivity contribution in [2.24, 2.45) is 0 Å². The molecule has 1 saturated heterocycles. The van der Waals surface area contributed by atoms with Crippen LogP contribution in [-0.4, -0.2) is 49.7 Å². The van der Waals surface area contributed by atoms with Crippen LogP contribution in [-0.2, 0) is 14.8 Å². The smallest absolute Gasteiger partial charge is 0.269 e. The minimum Gasteiger partial charge on any atom is -0.367 e. The second-order valence-corrected chi connectivity index (χ2v) is 8.28. The van der Waals surface area contributed by atoms with Gasteiger partial charge in [-0.05, 0) is 24.3 Å². The van der Waals surface area contributed by atoms with E-state index < -0.39 is 14.9 Å². The minimum atomic E-state index is -3.72. The predicted octanol–water partition coefficient (Wildman–Crippen LogP) is 2.06. The molecule has 0 atom stereocenters. The highest BCUT2D eigenvalue weighted by Gasteiger charge is 2.29. The van der Waals surface area contributed by atoms with Gasteiger partial charge in [0.25, 0.3) is 5.69 Å². The van der Waals surface area contributed by atoms with E-state index in [0.29, 0.717) is 18.8 Å². The normalized spacial score (nSPS) is 15.2. The molecule has 2 aromatic rings. The summed E-state index contributed by atoms with van der Waals surface area (Å²) in [5.74, 6) is -0.174. The Hall–Kier alpha value is -2.98. The van der Waals surface area contributed by atoms with Crippen LogP contribution in [0.2, 0.25) is 0 Å². The summed E-state index contributed by atoms with van der Waals surface area (Å²) in [6.07, 6.45) is 0. The first-order valence-corrected chi connectivity index (χ1v) is 10.1. The van der Waals surface area contributed by atoms with E-state index in [1.165, 1.54) is 35.5 Å². The van der Waals surface area contributed by atoms with E-state index in [1.807, 2.05) is 23.1 Å². The van der Waals surface area contributed by atoms with E-state index in [4.69, 9.17) is 0 Å². The van der Waals surface area contributed by atoms with Gasteiger partial charge in [-0.3, -0.25) is 14.9 Å². The molecule has 1 heterocycles. The van der Waals surface area contributed by atoms with E-state index in [1.54, 1.807) is 6.07 Å². The fraction of sp³-hybridized carbons (Fsp3) is 0.278. The summed E-state index contributed by atoms with van der Waals surface area (Å²) < 4.78 is 27.0. The van der Waals surface area contributed by atoms with Gasteiger partial charge in [0.05, 0.1) is 21.2 Å². The Balaban J connectivity index is 1.73. The Morgan fingerprint density at radius 1 is 1.04 bits per heavy atom. The summed E-state index contributed by atoms with van der Waals surface area (Å²) in [5.41, 5.74) is 1.37. The molecule has 1 aliphatic heterocycles. The van der Waals surface area contributed by atoms with Crippen molar-refractivity contribution < 1.29 is 18.1 Å². The molecule has 1 fully saturated rings. The number of piperazine rings is 1. The summed E-state index contributed by atoms with van der Waals surface area (Å²) in [4.78, 5) is 23.6. The molecule has 2 aromatic carbocycles. The zero-order valence-corrected chi connectivity index (χ0v) is 16.1. The van der Waals surface area contributed by atoms with Crippen molar-refractivity contribution >= 4 is 33.0 Å². The van der Waals surface area contributed by atoms with Crippen molar-refractivity contribution in [3.05, 3.63) is 58.6 Å². The van der Waals surface area contributed by atoms with Gasteiger partial charge in [-0.2, -0.15) is 4.31 Å². The molecule has 0 aliphatic carbocycles. The van der Waals surface area contributed by atoms with E-state index in [0.717, 1.165) is 5.69 Å². The zero-order chi connectivity index (χ0) is 20.3. The molecule has 1 N–H and O–H groups in total. The Kier molecular flexibility index (Phi) is 5.61. The monoisotopic (exact) mass is 404 g/mol. The van der Waals surface area contributed by atoms with Crippen LogP contribution in [0.4, 0.5) is 17.1 Å². The van der Waals surface area contributed by atoms with Crippen molar-refractivity contribution in [2.45, 2.75) is 11.8 Å². The van der Waals surface area contributed by atoms with Crippen LogP contribution in [0.25, 0.3) is 0 Å². The quantitative estimate of drug-likeness (QED) is 0.603. The van der Waals surface area contributed by atoms with E-state index in [2.05, 4.69) is 5.32 Å². The lowest BCUT2D eigenvalue weighted by molar-refractivity contribution is -0.384. The average molecular weight is 404 g/mol. The fourth-order valence-electron chi connectivity index (χ4n) is 3.10. The van der Waals surface area contributed by atoms with Gasteiger partial charge >= 0.3 is 0 Å². The topological polar surface area (TPSA) is 113 Å². The third-order valence-electron chi connectivity index (χ3n) is 4.48. The molecule has 9 nitrogen and oxygen atoms in total. The van der Waals surface area contributed by atoms with E-state index in [9.17, 15) is 23.3 Å². The molecule has 1 amide bonds.